The number of benzene rings is 1. The molecule has 0 aliphatic carbocycles. The number of aryl methyl sites for hydroxylation is 1. The third-order valence-corrected chi connectivity index (χ3v) is 4.81. The maximum Gasteiger partial charge on any atom is 0.226 e. The van der Waals surface area contributed by atoms with E-state index in [1.807, 2.05) is 6.07 Å². The standard InChI is InChI=1S/C18H24N4OS/c1-12(2)9-10-22-15-8-6-5-7-14(15)19-18(22)24-11-16-20-21-17(23-16)13(3)4/h5-8,12-13H,9-11H2,1-4H3. The first-order chi connectivity index (χ1) is 11.5. The largest absolute Gasteiger partial charge is 0.424 e. The van der Waals surface area contributed by atoms with Crippen molar-refractivity contribution in [1.82, 2.24) is 19.7 Å². The molecule has 0 bridgehead atoms. The Morgan fingerprint density at radius 1 is 1.12 bits per heavy atom. The minimum absolute atomic E-state index is 0.256. The van der Waals surface area contributed by atoms with Gasteiger partial charge in [0, 0.05) is 12.5 Å². The van der Waals surface area contributed by atoms with Crippen LogP contribution < -0.4 is 0 Å². The van der Waals surface area contributed by atoms with Crippen molar-refractivity contribution in [2.24, 2.45) is 5.92 Å². The van der Waals surface area contributed by atoms with E-state index in [0.717, 1.165) is 23.6 Å². The van der Waals surface area contributed by atoms with Crippen molar-refractivity contribution in [1.29, 1.82) is 0 Å². The highest BCUT2D eigenvalue weighted by atomic mass is 32.2. The molecule has 2 heterocycles. The molecule has 5 nitrogen and oxygen atoms in total. The number of hydrogen-bond donors (Lipinski definition) is 0. The van der Waals surface area contributed by atoms with Crippen LogP contribution in [0.25, 0.3) is 11.0 Å². The van der Waals surface area contributed by atoms with Gasteiger partial charge in [-0.05, 0) is 24.5 Å². The SMILES string of the molecule is CC(C)CCn1c(SCc2nnc(C(C)C)o2)nc2ccccc21. The summed E-state index contributed by atoms with van der Waals surface area (Å²) in [6.45, 7) is 9.57. The molecule has 0 aliphatic rings. The Hall–Kier alpha value is -1.82. The monoisotopic (exact) mass is 344 g/mol. The molecule has 24 heavy (non-hydrogen) atoms. The number of rotatable bonds is 7. The quantitative estimate of drug-likeness (QED) is 0.572. The Labute approximate surface area is 146 Å². The Balaban J connectivity index is 1.80. The molecule has 0 fully saturated rings. The average molecular weight is 344 g/mol. The van der Waals surface area contributed by atoms with E-state index in [1.54, 1.807) is 11.8 Å². The van der Waals surface area contributed by atoms with Crippen molar-refractivity contribution < 1.29 is 4.42 Å². The molecule has 3 rings (SSSR count). The second-order valence-electron chi connectivity index (χ2n) is 6.69. The highest BCUT2D eigenvalue weighted by molar-refractivity contribution is 7.98. The zero-order chi connectivity index (χ0) is 17.1. The van der Waals surface area contributed by atoms with Gasteiger partial charge in [0.15, 0.2) is 5.16 Å². The van der Waals surface area contributed by atoms with Crippen molar-refractivity contribution in [2.75, 3.05) is 0 Å². The van der Waals surface area contributed by atoms with E-state index < -0.39 is 0 Å². The third-order valence-electron chi connectivity index (χ3n) is 3.85. The lowest BCUT2D eigenvalue weighted by Gasteiger charge is -2.10. The van der Waals surface area contributed by atoms with Crippen LogP contribution in [0.15, 0.2) is 33.8 Å². The van der Waals surface area contributed by atoms with Crippen molar-refractivity contribution in [3.05, 3.63) is 36.0 Å². The van der Waals surface area contributed by atoms with Gasteiger partial charge in [0.2, 0.25) is 11.8 Å². The van der Waals surface area contributed by atoms with Crippen LogP contribution in [-0.4, -0.2) is 19.7 Å². The molecule has 0 aliphatic heterocycles. The lowest BCUT2D eigenvalue weighted by atomic mass is 10.1. The Kier molecular flexibility index (Phi) is 5.23. The van der Waals surface area contributed by atoms with Crippen LogP contribution in [0.4, 0.5) is 0 Å². The number of hydrogen-bond acceptors (Lipinski definition) is 5. The normalized spacial score (nSPS) is 11.9. The van der Waals surface area contributed by atoms with Gasteiger partial charge in [0.05, 0.1) is 16.8 Å². The van der Waals surface area contributed by atoms with Crippen molar-refractivity contribution >= 4 is 22.8 Å². The molecule has 2 aromatic heterocycles. The van der Waals surface area contributed by atoms with Gasteiger partial charge in [-0.3, -0.25) is 0 Å². The molecule has 0 unspecified atom stereocenters. The molecule has 0 radical (unpaired) electrons. The summed E-state index contributed by atoms with van der Waals surface area (Å²) in [5.41, 5.74) is 2.23. The van der Waals surface area contributed by atoms with Crippen LogP contribution in [0.2, 0.25) is 0 Å². The summed E-state index contributed by atoms with van der Waals surface area (Å²) >= 11 is 1.66. The number of imidazole rings is 1. The molecule has 0 saturated heterocycles. The molecular weight excluding hydrogens is 320 g/mol. The Morgan fingerprint density at radius 3 is 2.62 bits per heavy atom. The summed E-state index contributed by atoms with van der Waals surface area (Å²) in [6, 6.07) is 8.30. The summed E-state index contributed by atoms with van der Waals surface area (Å²) in [6.07, 6.45) is 1.13. The van der Waals surface area contributed by atoms with E-state index in [1.165, 1.54) is 5.52 Å². The van der Waals surface area contributed by atoms with Gasteiger partial charge in [0.25, 0.3) is 0 Å². The minimum atomic E-state index is 0.256. The molecule has 0 N–H and O–H groups in total. The number of nitrogens with zero attached hydrogens (tertiary/aromatic N) is 4. The fourth-order valence-electron chi connectivity index (χ4n) is 2.45. The van der Waals surface area contributed by atoms with Crippen LogP contribution in [0.1, 0.15) is 51.8 Å². The second kappa shape index (κ2) is 7.38. The average Bonchev–Trinajstić information content (AvgIpc) is 3.15. The molecule has 0 saturated carbocycles. The van der Waals surface area contributed by atoms with Crippen LogP contribution >= 0.6 is 11.8 Å². The molecule has 6 heteroatoms. The maximum absolute atomic E-state index is 5.70. The lowest BCUT2D eigenvalue weighted by Crippen LogP contribution is -2.03. The number of thioether (sulfide) groups is 1. The van der Waals surface area contributed by atoms with Gasteiger partial charge in [0.1, 0.15) is 0 Å². The van der Waals surface area contributed by atoms with Gasteiger partial charge in [-0.2, -0.15) is 0 Å². The van der Waals surface area contributed by atoms with Crippen LogP contribution in [0, 0.1) is 5.92 Å². The summed E-state index contributed by atoms with van der Waals surface area (Å²) < 4.78 is 8.00. The van der Waals surface area contributed by atoms with Gasteiger partial charge in [-0.25, -0.2) is 4.98 Å². The number of fused-ring (bicyclic) bond motifs is 1. The van der Waals surface area contributed by atoms with Crippen LogP contribution in [-0.2, 0) is 12.3 Å². The van der Waals surface area contributed by atoms with Gasteiger partial charge in [-0.15, -0.1) is 10.2 Å². The third kappa shape index (κ3) is 3.80. The topological polar surface area (TPSA) is 56.7 Å². The molecule has 0 amide bonds. The summed E-state index contributed by atoms with van der Waals surface area (Å²) in [5.74, 6) is 2.91. The molecule has 0 atom stereocenters. The maximum atomic E-state index is 5.70. The molecular formula is C18H24N4OS. The lowest BCUT2D eigenvalue weighted by molar-refractivity contribution is 0.445. The first-order valence-corrected chi connectivity index (χ1v) is 9.43. The van der Waals surface area contributed by atoms with Crippen LogP contribution in [0.3, 0.4) is 0 Å². The van der Waals surface area contributed by atoms with Crippen molar-refractivity contribution in [2.45, 2.75) is 57.5 Å². The predicted molar refractivity (Wildman–Crippen MR) is 97.1 cm³/mol. The highest BCUT2D eigenvalue weighted by Gasteiger charge is 2.14. The van der Waals surface area contributed by atoms with Crippen molar-refractivity contribution in [3.8, 4) is 0 Å². The van der Waals surface area contributed by atoms with E-state index in [-0.39, 0.29) is 5.92 Å². The Bertz CT molecular complexity index is 806. The molecule has 3 aromatic rings. The zero-order valence-corrected chi connectivity index (χ0v) is 15.5. The second-order valence-corrected chi connectivity index (χ2v) is 7.64. The van der Waals surface area contributed by atoms with E-state index in [0.29, 0.717) is 23.5 Å². The summed E-state index contributed by atoms with van der Waals surface area (Å²) in [7, 11) is 0. The predicted octanol–water partition coefficient (Wildman–Crippen LogP) is 4.88. The molecule has 1 aromatic carbocycles. The fraction of sp³-hybridized carbons (Fsp3) is 0.500. The van der Waals surface area contributed by atoms with Gasteiger partial charge in [-0.1, -0.05) is 51.6 Å². The first kappa shape index (κ1) is 17.0. The minimum Gasteiger partial charge on any atom is -0.424 e. The van der Waals surface area contributed by atoms with E-state index in [9.17, 15) is 0 Å². The van der Waals surface area contributed by atoms with E-state index >= 15 is 0 Å². The Morgan fingerprint density at radius 2 is 1.92 bits per heavy atom. The van der Waals surface area contributed by atoms with E-state index in [4.69, 9.17) is 9.40 Å². The molecule has 0 spiro atoms. The van der Waals surface area contributed by atoms with Crippen molar-refractivity contribution in [3.63, 3.8) is 0 Å². The highest BCUT2D eigenvalue weighted by Crippen LogP contribution is 2.27. The van der Waals surface area contributed by atoms with Gasteiger partial charge < -0.3 is 8.98 Å². The van der Waals surface area contributed by atoms with Crippen LogP contribution in [0.5, 0.6) is 0 Å². The molecule has 128 valence electrons. The summed E-state index contributed by atoms with van der Waals surface area (Å²) in [5, 5.41) is 9.25. The van der Waals surface area contributed by atoms with Gasteiger partial charge >= 0.3 is 0 Å². The van der Waals surface area contributed by atoms with E-state index in [2.05, 4.69) is 60.7 Å². The fourth-order valence-corrected chi connectivity index (χ4v) is 3.33. The smallest absolute Gasteiger partial charge is 0.226 e. The summed E-state index contributed by atoms with van der Waals surface area (Å²) in [4.78, 5) is 4.78. The zero-order valence-electron chi connectivity index (χ0n) is 14.7. The number of para-hydroxylation sites is 2. The number of aromatic nitrogens is 4. The first-order valence-electron chi connectivity index (χ1n) is 8.45.